The lowest BCUT2D eigenvalue weighted by molar-refractivity contribution is 0.0985. The van der Waals surface area contributed by atoms with Crippen LogP contribution < -0.4 is 11.5 Å². The van der Waals surface area contributed by atoms with Crippen molar-refractivity contribution in [3.8, 4) is 0 Å². The van der Waals surface area contributed by atoms with Gasteiger partial charge in [-0.3, -0.25) is 9.59 Å². The molecule has 0 spiro atoms. The van der Waals surface area contributed by atoms with Gasteiger partial charge in [0.1, 0.15) is 0 Å². The van der Waals surface area contributed by atoms with Crippen molar-refractivity contribution in [2.24, 2.45) is 11.5 Å². The number of benzene rings is 1. The first-order valence-corrected chi connectivity index (χ1v) is 9.36. The van der Waals surface area contributed by atoms with E-state index in [2.05, 4.69) is 0 Å². The first kappa shape index (κ1) is 17.0. The molecule has 0 bridgehead atoms. The number of rotatable bonds is 4. The van der Waals surface area contributed by atoms with E-state index >= 15 is 0 Å². The lowest BCUT2D eigenvalue weighted by Crippen LogP contribution is -2.24. The molecule has 1 aromatic carbocycles. The number of hydrogen-bond acceptors (Lipinski definition) is 2. The molecule has 24 heavy (non-hydrogen) atoms. The van der Waals surface area contributed by atoms with E-state index in [0.29, 0.717) is 23.0 Å². The first-order chi connectivity index (χ1) is 11.6. The Kier molecular flexibility index (Phi) is 5.22. The first-order valence-electron chi connectivity index (χ1n) is 9.36. The maximum atomic E-state index is 12.1. The van der Waals surface area contributed by atoms with Crippen molar-refractivity contribution in [2.75, 3.05) is 0 Å². The van der Waals surface area contributed by atoms with E-state index in [9.17, 15) is 9.59 Å². The van der Waals surface area contributed by atoms with E-state index in [1.807, 2.05) is 0 Å². The minimum atomic E-state index is -0.386. The van der Waals surface area contributed by atoms with Gasteiger partial charge in [0, 0.05) is 11.1 Å². The number of amides is 2. The maximum Gasteiger partial charge on any atom is 0.248 e. The molecule has 1 aromatic rings. The van der Waals surface area contributed by atoms with Crippen molar-refractivity contribution >= 4 is 11.8 Å². The SMILES string of the molecule is NC(=O)c1ccc(C(N)=O)c(C2CCCCC2)c1C1CCCCC1. The van der Waals surface area contributed by atoms with Crippen molar-refractivity contribution in [3.05, 3.63) is 34.4 Å². The smallest absolute Gasteiger partial charge is 0.248 e. The van der Waals surface area contributed by atoms with Crippen molar-refractivity contribution < 1.29 is 9.59 Å². The molecule has 4 N–H and O–H groups in total. The molecular formula is C20H28N2O2. The molecule has 4 heteroatoms. The molecule has 0 atom stereocenters. The monoisotopic (exact) mass is 328 g/mol. The Balaban J connectivity index is 2.17. The summed E-state index contributed by atoms with van der Waals surface area (Å²) in [6, 6.07) is 3.44. The minimum absolute atomic E-state index is 0.331. The standard InChI is InChI=1S/C20H28N2O2/c21-19(23)15-11-12-16(20(22)24)18(14-9-5-2-6-10-14)17(15)13-7-3-1-4-8-13/h11-14H,1-10H2,(H2,21,23)(H2,22,24). The highest BCUT2D eigenvalue weighted by atomic mass is 16.1. The predicted molar refractivity (Wildman–Crippen MR) is 95.1 cm³/mol. The number of primary amides is 2. The fourth-order valence-corrected chi connectivity index (χ4v) is 4.73. The van der Waals surface area contributed by atoms with Gasteiger partial charge in [0.2, 0.25) is 11.8 Å². The highest BCUT2D eigenvalue weighted by molar-refractivity contribution is 5.99. The number of carbonyl (C=O) groups is 2. The third-order valence-corrected chi connectivity index (χ3v) is 5.84. The van der Waals surface area contributed by atoms with Crippen LogP contribution in [-0.2, 0) is 0 Å². The molecular weight excluding hydrogens is 300 g/mol. The van der Waals surface area contributed by atoms with Gasteiger partial charge in [0.05, 0.1) is 0 Å². The molecule has 0 unspecified atom stereocenters. The van der Waals surface area contributed by atoms with E-state index in [1.165, 1.54) is 38.5 Å². The molecule has 0 radical (unpaired) electrons. The Labute approximate surface area is 144 Å². The third kappa shape index (κ3) is 3.33. The summed E-state index contributed by atoms with van der Waals surface area (Å²) in [5.41, 5.74) is 14.7. The normalized spacial score (nSPS) is 20.0. The number of nitrogens with two attached hydrogens (primary N) is 2. The van der Waals surface area contributed by atoms with Crippen LogP contribution in [0, 0.1) is 0 Å². The molecule has 2 saturated carbocycles. The second kappa shape index (κ2) is 7.37. The van der Waals surface area contributed by atoms with Crippen LogP contribution in [0.2, 0.25) is 0 Å². The Morgan fingerprint density at radius 3 is 1.29 bits per heavy atom. The van der Waals surface area contributed by atoms with Crippen LogP contribution in [0.25, 0.3) is 0 Å². The maximum absolute atomic E-state index is 12.1. The molecule has 0 aromatic heterocycles. The number of carbonyl (C=O) groups excluding carboxylic acids is 2. The summed E-state index contributed by atoms with van der Waals surface area (Å²) in [5, 5.41) is 0. The predicted octanol–water partition coefficient (Wildman–Crippen LogP) is 3.98. The van der Waals surface area contributed by atoms with Crippen molar-refractivity contribution in [1.29, 1.82) is 0 Å². The summed E-state index contributed by atoms with van der Waals surface area (Å²) in [4.78, 5) is 24.2. The van der Waals surface area contributed by atoms with Crippen molar-refractivity contribution in [1.82, 2.24) is 0 Å². The largest absolute Gasteiger partial charge is 0.366 e. The Morgan fingerprint density at radius 2 is 1.00 bits per heavy atom. The molecule has 3 rings (SSSR count). The quantitative estimate of drug-likeness (QED) is 0.876. The van der Waals surface area contributed by atoms with E-state index in [4.69, 9.17) is 11.5 Å². The molecule has 2 aliphatic rings. The molecule has 4 nitrogen and oxygen atoms in total. The fourth-order valence-electron chi connectivity index (χ4n) is 4.73. The molecule has 2 fully saturated rings. The highest BCUT2D eigenvalue weighted by Gasteiger charge is 2.30. The van der Waals surface area contributed by atoms with Crippen LogP contribution in [-0.4, -0.2) is 11.8 Å². The zero-order valence-electron chi connectivity index (χ0n) is 14.4. The number of hydrogen-bond donors (Lipinski definition) is 2. The highest BCUT2D eigenvalue weighted by Crippen LogP contribution is 2.44. The summed E-state index contributed by atoms with van der Waals surface area (Å²) in [6.45, 7) is 0. The van der Waals surface area contributed by atoms with Gasteiger partial charge in [-0.1, -0.05) is 38.5 Å². The summed E-state index contributed by atoms with van der Waals surface area (Å²) >= 11 is 0. The van der Waals surface area contributed by atoms with Crippen LogP contribution >= 0.6 is 0 Å². The zero-order chi connectivity index (χ0) is 17.1. The van der Waals surface area contributed by atoms with Gasteiger partial charge in [0.15, 0.2) is 0 Å². The molecule has 0 aliphatic heterocycles. The lowest BCUT2D eigenvalue weighted by atomic mass is 9.72. The second-order valence-corrected chi connectivity index (χ2v) is 7.39. The zero-order valence-corrected chi connectivity index (χ0v) is 14.4. The van der Waals surface area contributed by atoms with Gasteiger partial charge in [-0.05, 0) is 60.8 Å². The average molecular weight is 328 g/mol. The van der Waals surface area contributed by atoms with Crippen molar-refractivity contribution in [2.45, 2.75) is 76.0 Å². The molecule has 130 valence electrons. The summed E-state index contributed by atoms with van der Waals surface area (Å²) < 4.78 is 0. The molecule has 2 aliphatic carbocycles. The van der Waals surface area contributed by atoms with E-state index < -0.39 is 0 Å². The fraction of sp³-hybridized carbons (Fsp3) is 0.600. The van der Waals surface area contributed by atoms with Gasteiger partial charge in [-0.2, -0.15) is 0 Å². The Hall–Kier alpha value is -1.84. The average Bonchev–Trinajstić information content (AvgIpc) is 2.61. The lowest BCUT2D eigenvalue weighted by Gasteiger charge is -2.32. The van der Waals surface area contributed by atoms with Gasteiger partial charge in [0.25, 0.3) is 0 Å². The van der Waals surface area contributed by atoms with Crippen LogP contribution in [0.1, 0.15) is 108 Å². The van der Waals surface area contributed by atoms with Gasteiger partial charge >= 0.3 is 0 Å². The second-order valence-electron chi connectivity index (χ2n) is 7.39. The van der Waals surface area contributed by atoms with Gasteiger partial charge < -0.3 is 11.5 Å². The summed E-state index contributed by atoms with van der Waals surface area (Å²) in [6.07, 6.45) is 11.5. The van der Waals surface area contributed by atoms with Crippen LogP contribution in [0.15, 0.2) is 12.1 Å². The Morgan fingerprint density at radius 1 is 0.667 bits per heavy atom. The summed E-state index contributed by atoms with van der Waals surface area (Å²) in [7, 11) is 0. The van der Waals surface area contributed by atoms with Crippen LogP contribution in [0.3, 0.4) is 0 Å². The minimum Gasteiger partial charge on any atom is -0.366 e. The summed E-state index contributed by atoms with van der Waals surface area (Å²) in [5.74, 6) is -0.109. The molecule has 0 heterocycles. The van der Waals surface area contributed by atoms with E-state index in [1.54, 1.807) is 12.1 Å². The van der Waals surface area contributed by atoms with Crippen LogP contribution in [0.5, 0.6) is 0 Å². The van der Waals surface area contributed by atoms with E-state index in [0.717, 1.165) is 36.8 Å². The Bertz CT molecular complexity index is 572. The third-order valence-electron chi connectivity index (χ3n) is 5.84. The van der Waals surface area contributed by atoms with Crippen LogP contribution in [0.4, 0.5) is 0 Å². The molecule has 0 saturated heterocycles. The van der Waals surface area contributed by atoms with Crippen molar-refractivity contribution in [3.63, 3.8) is 0 Å². The topological polar surface area (TPSA) is 86.2 Å². The van der Waals surface area contributed by atoms with E-state index in [-0.39, 0.29) is 11.8 Å². The van der Waals surface area contributed by atoms with Gasteiger partial charge in [-0.15, -0.1) is 0 Å². The molecule has 2 amide bonds. The van der Waals surface area contributed by atoms with Gasteiger partial charge in [-0.25, -0.2) is 0 Å².